The minimum atomic E-state index is -2.86. The maximum atomic E-state index is 12.2. The molecule has 0 fully saturated rings. The van der Waals surface area contributed by atoms with Crippen molar-refractivity contribution in [2.24, 2.45) is 0 Å². The van der Waals surface area contributed by atoms with E-state index in [1.54, 1.807) is 37.3 Å². The molecule has 106 valence electrons. The van der Waals surface area contributed by atoms with Crippen molar-refractivity contribution >= 4 is 5.97 Å². The van der Waals surface area contributed by atoms with Crippen molar-refractivity contribution in [3.8, 4) is 0 Å². The van der Waals surface area contributed by atoms with E-state index in [-0.39, 0.29) is 6.61 Å². The summed E-state index contributed by atoms with van der Waals surface area (Å²) in [6.07, 6.45) is -4.67. The van der Waals surface area contributed by atoms with Crippen LogP contribution in [-0.2, 0) is 9.53 Å². The summed E-state index contributed by atoms with van der Waals surface area (Å²) in [4.78, 5) is 11.8. The van der Waals surface area contributed by atoms with Crippen molar-refractivity contribution < 1.29 is 23.4 Å². The van der Waals surface area contributed by atoms with Crippen molar-refractivity contribution in [1.29, 1.82) is 0 Å². The molecular formula is C13H17F2NO3. The minimum Gasteiger partial charge on any atom is -0.465 e. The summed E-state index contributed by atoms with van der Waals surface area (Å²) in [7, 11) is 0. The van der Waals surface area contributed by atoms with Gasteiger partial charge in [-0.15, -0.1) is 0 Å². The Hall–Kier alpha value is -1.53. The van der Waals surface area contributed by atoms with E-state index in [9.17, 15) is 13.6 Å². The van der Waals surface area contributed by atoms with Crippen molar-refractivity contribution in [3.05, 3.63) is 35.9 Å². The second kappa shape index (κ2) is 7.81. The molecule has 1 aromatic carbocycles. The van der Waals surface area contributed by atoms with E-state index < -0.39 is 31.1 Å². The van der Waals surface area contributed by atoms with Gasteiger partial charge in [-0.1, -0.05) is 30.3 Å². The van der Waals surface area contributed by atoms with Crippen LogP contribution in [0.3, 0.4) is 0 Å². The Balaban J connectivity index is 2.73. The Kier molecular flexibility index (Phi) is 6.38. The van der Waals surface area contributed by atoms with Gasteiger partial charge in [0, 0.05) is 6.54 Å². The number of rotatable bonds is 7. The maximum Gasteiger partial charge on any atom is 0.327 e. The second-order valence-electron chi connectivity index (χ2n) is 3.91. The van der Waals surface area contributed by atoms with Crippen molar-refractivity contribution in [2.45, 2.75) is 25.5 Å². The van der Waals surface area contributed by atoms with Gasteiger partial charge in [-0.25, -0.2) is 13.6 Å². The van der Waals surface area contributed by atoms with Crippen LogP contribution in [0.15, 0.2) is 30.3 Å². The zero-order chi connectivity index (χ0) is 14.3. The van der Waals surface area contributed by atoms with Gasteiger partial charge >= 0.3 is 5.97 Å². The summed E-state index contributed by atoms with van der Waals surface area (Å²) in [6, 6.07) is 7.74. The summed E-state index contributed by atoms with van der Waals surface area (Å²) in [6.45, 7) is 1.46. The fraction of sp³-hybridized carbons (Fsp3) is 0.462. The highest BCUT2D eigenvalue weighted by Crippen LogP contribution is 2.15. The molecule has 19 heavy (non-hydrogen) atoms. The molecule has 0 bridgehead atoms. The third-order valence-corrected chi connectivity index (χ3v) is 2.48. The molecular weight excluding hydrogens is 256 g/mol. The van der Waals surface area contributed by atoms with Gasteiger partial charge in [0.1, 0.15) is 12.1 Å². The van der Waals surface area contributed by atoms with Crippen LogP contribution in [0.4, 0.5) is 8.78 Å². The molecule has 2 unspecified atom stereocenters. The number of aliphatic hydroxyl groups excluding tert-OH is 1. The molecule has 2 atom stereocenters. The Morgan fingerprint density at radius 3 is 2.53 bits per heavy atom. The molecule has 0 spiro atoms. The average Bonchev–Trinajstić information content (AvgIpc) is 2.40. The number of carbonyl (C=O) groups excluding carboxylic acids is 1. The monoisotopic (exact) mass is 273 g/mol. The van der Waals surface area contributed by atoms with Crippen molar-refractivity contribution in [1.82, 2.24) is 5.32 Å². The van der Waals surface area contributed by atoms with Gasteiger partial charge in [-0.2, -0.15) is 0 Å². The number of alkyl halides is 2. The molecule has 0 aromatic heterocycles. The standard InChI is InChI=1S/C13H17F2NO3/c1-2-19-13(18)11(9-6-4-3-5-7-9)16-8-10(17)12(14)15/h3-7,10-12,16-17H,2,8H2,1H3. The lowest BCUT2D eigenvalue weighted by molar-refractivity contribution is -0.146. The SMILES string of the molecule is CCOC(=O)C(NCC(O)C(F)F)c1ccccc1. The molecule has 0 saturated carbocycles. The lowest BCUT2D eigenvalue weighted by Gasteiger charge is -2.19. The predicted octanol–water partition coefficient (Wildman–Crippen LogP) is 1.51. The molecule has 4 nitrogen and oxygen atoms in total. The van der Waals surface area contributed by atoms with Gasteiger partial charge in [-0.3, -0.25) is 5.32 Å². The maximum absolute atomic E-state index is 12.2. The summed E-state index contributed by atoms with van der Waals surface area (Å²) >= 11 is 0. The Labute approximate surface area is 110 Å². The van der Waals surface area contributed by atoms with E-state index in [4.69, 9.17) is 9.84 Å². The van der Waals surface area contributed by atoms with E-state index in [0.29, 0.717) is 5.56 Å². The van der Waals surface area contributed by atoms with E-state index in [1.165, 1.54) is 0 Å². The zero-order valence-corrected chi connectivity index (χ0v) is 10.6. The van der Waals surface area contributed by atoms with Gasteiger partial charge in [0.2, 0.25) is 0 Å². The molecule has 1 aromatic rings. The number of carbonyl (C=O) groups is 1. The van der Waals surface area contributed by atoms with Crippen molar-refractivity contribution in [2.75, 3.05) is 13.2 Å². The second-order valence-corrected chi connectivity index (χ2v) is 3.91. The summed E-state index contributed by atoms with van der Waals surface area (Å²) in [5, 5.41) is 11.7. The molecule has 0 aliphatic rings. The minimum absolute atomic E-state index is 0.196. The van der Waals surface area contributed by atoms with Crippen molar-refractivity contribution in [3.63, 3.8) is 0 Å². The molecule has 0 amide bonds. The van der Waals surface area contributed by atoms with E-state index in [0.717, 1.165) is 0 Å². The first-order valence-electron chi connectivity index (χ1n) is 5.97. The van der Waals surface area contributed by atoms with Crippen LogP contribution in [-0.4, -0.2) is 36.8 Å². The van der Waals surface area contributed by atoms with E-state index in [2.05, 4.69) is 5.32 Å². The number of nitrogens with one attached hydrogen (secondary N) is 1. The van der Waals surface area contributed by atoms with Gasteiger partial charge in [0.25, 0.3) is 6.43 Å². The van der Waals surface area contributed by atoms with Gasteiger partial charge in [-0.05, 0) is 12.5 Å². The molecule has 2 N–H and O–H groups in total. The van der Waals surface area contributed by atoms with Crippen LogP contribution >= 0.6 is 0 Å². The predicted molar refractivity (Wildman–Crippen MR) is 65.8 cm³/mol. The lowest BCUT2D eigenvalue weighted by atomic mass is 10.1. The summed E-state index contributed by atoms with van der Waals surface area (Å²) in [5.74, 6) is -0.560. The summed E-state index contributed by atoms with van der Waals surface area (Å²) in [5.41, 5.74) is 0.599. The molecule has 6 heteroatoms. The van der Waals surface area contributed by atoms with Gasteiger partial charge in [0.05, 0.1) is 6.61 Å². The lowest BCUT2D eigenvalue weighted by Crippen LogP contribution is -2.38. The van der Waals surface area contributed by atoms with Crippen LogP contribution in [0.2, 0.25) is 0 Å². The number of halogens is 2. The molecule has 1 rings (SSSR count). The highest BCUT2D eigenvalue weighted by molar-refractivity contribution is 5.77. The number of hydrogen-bond acceptors (Lipinski definition) is 4. The quantitative estimate of drug-likeness (QED) is 0.739. The highest BCUT2D eigenvalue weighted by atomic mass is 19.3. The third kappa shape index (κ3) is 4.92. The van der Waals surface area contributed by atoms with Crippen LogP contribution in [0.1, 0.15) is 18.5 Å². The topological polar surface area (TPSA) is 58.6 Å². The number of aliphatic hydroxyl groups is 1. The molecule has 0 saturated heterocycles. The molecule has 0 radical (unpaired) electrons. The Bertz CT molecular complexity index is 387. The van der Waals surface area contributed by atoms with Crippen LogP contribution in [0.5, 0.6) is 0 Å². The smallest absolute Gasteiger partial charge is 0.327 e. The molecule has 0 aliphatic carbocycles. The number of esters is 1. The fourth-order valence-electron chi connectivity index (χ4n) is 1.54. The van der Waals surface area contributed by atoms with Crippen LogP contribution in [0, 0.1) is 0 Å². The first-order chi connectivity index (χ1) is 9.06. The van der Waals surface area contributed by atoms with Gasteiger partial charge in [0.15, 0.2) is 0 Å². The Morgan fingerprint density at radius 2 is 2.00 bits per heavy atom. The largest absolute Gasteiger partial charge is 0.465 e. The van der Waals surface area contributed by atoms with E-state index in [1.807, 2.05) is 0 Å². The normalized spacial score (nSPS) is 14.2. The number of hydrogen-bond donors (Lipinski definition) is 2. The summed E-state index contributed by atoms with van der Waals surface area (Å²) < 4.78 is 29.3. The first kappa shape index (κ1) is 15.5. The molecule has 0 heterocycles. The number of benzene rings is 1. The van der Waals surface area contributed by atoms with Gasteiger partial charge < -0.3 is 9.84 Å². The Morgan fingerprint density at radius 1 is 1.37 bits per heavy atom. The van der Waals surface area contributed by atoms with E-state index >= 15 is 0 Å². The molecule has 0 aliphatic heterocycles. The number of ether oxygens (including phenoxy) is 1. The first-order valence-corrected chi connectivity index (χ1v) is 5.97. The highest BCUT2D eigenvalue weighted by Gasteiger charge is 2.24. The zero-order valence-electron chi connectivity index (χ0n) is 10.6. The van der Waals surface area contributed by atoms with Crippen LogP contribution in [0.25, 0.3) is 0 Å². The fourth-order valence-corrected chi connectivity index (χ4v) is 1.54. The average molecular weight is 273 g/mol. The third-order valence-electron chi connectivity index (χ3n) is 2.48. The van der Waals surface area contributed by atoms with Crippen LogP contribution < -0.4 is 5.32 Å².